The summed E-state index contributed by atoms with van der Waals surface area (Å²) in [6.45, 7) is 0.193. The molecule has 0 aliphatic carbocycles. The number of carbonyl (C=O) groups is 2. The van der Waals surface area contributed by atoms with Crippen molar-refractivity contribution < 1.29 is 28.5 Å². The van der Waals surface area contributed by atoms with Crippen LogP contribution in [0.25, 0.3) is 0 Å². The quantitative estimate of drug-likeness (QED) is 0.673. The van der Waals surface area contributed by atoms with E-state index in [0.717, 1.165) is 0 Å². The highest BCUT2D eigenvalue weighted by Gasteiger charge is 2.37. The van der Waals surface area contributed by atoms with Crippen LogP contribution in [0.1, 0.15) is 18.0 Å². The van der Waals surface area contributed by atoms with Gasteiger partial charge in [0.2, 0.25) is 17.6 Å². The first kappa shape index (κ1) is 22.7. The van der Waals surface area contributed by atoms with E-state index in [9.17, 15) is 14.9 Å². The first-order valence-electron chi connectivity index (χ1n) is 9.90. The summed E-state index contributed by atoms with van der Waals surface area (Å²) >= 11 is 0. The number of amides is 2. The highest BCUT2D eigenvalue weighted by Crippen LogP contribution is 2.40. The maximum absolute atomic E-state index is 12.9. The molecule has 0 spiro atoms. The van der Waals surface area contributed by atoms with E-state index in [1.165, 1.54) is 33.3 Å². The van der Waals surface area contributed by atoms with Crippen LogP contribution in [-0.4, -0.2) is 46.8 Å². The number of nitrogens with one attached hydrogen (secondary N) is 1. The number of carbonyl (C=O) groups excluding carboxylic acids is 2. The normalized spacial score (nSPS) is 16.2. The minimum absolute atomic E-state index is 0.0390. The van der Waals surface area contributed by atoms with Crippen molar-refractivity contribution in [3.05, 3.63) is 42.0 Å². The predicted octanol–water partition coefficient (Wildman–Crippen LogP) is 2.45. The van der Waals surface area contributed by atoms with Crippen molar-refractivity contribution in [2.24, 2.45) is 5.92 Å². The van der Waals surface area contributed by atoms with Gasteiger partial charge in [0.25, 0.3) is 0 Å². The Hall–Kier alpha value is -3.93. The van der Waals surface area contributed by atoms with Gasteiger partial charge in [0, 0.05) is 13.0 Å². The second kappa shape index (κ2) is 9.92. The standard InChI is InChI=1S/C23H25N3O6/c1-29-18-8-6-5-7-17(18)26-13-15(11-21(26)27)23(28)25-16(12-24)14-9-19(30-2)22(32-4)20(10-14)31-3/h5-10,15-16H,11,13H2,1-4H3,(H,25,28). The highest BCUT2D eigenvalue weighted by atomic mass is 16.5. The molecule has 3 rings (SSSR count). The molecule has 0 saturated carbocycles. The van der Waals surface area contributed by atoms with Crippen molar-refractivity contribution in [1.29, 1.82) is 5.26 Å². The Balaban J connectivity index is 1.79. The molecule has 1 aliphatic heterocycles. The van der Waals surface area contributed by atoms with Crippen molar-refractivity contribution in [2.75, 3.05) is 39.9 Å². The Morgan fingerprint density at radius 3 is 2.25 bits per heavy atom. The number of rotatable bonds is 8. The van der Waals surface area contributed by atoms with Crippen molar-refractivity contribution in [2.45, 2.75) is 12.5 Å². The molecule has 2 amide bonds. The largest absolute Gasteiger partial charge is 0.495 e. The molecule has 9 heteroatoms. The molecule has 0 radical (unpaired) electrons. The minimum atomic E-state index is -0.966. The summed E-state index contributed by atoms with van der Waals surface area (Å²) in [4.78, 5) is 27.1. The molecule has 2 unspecified atom stereocenters. The molecule has 1 N–H and O–H groups in total. The average molecular weight is 439 g/mol. The van der Waals surface area contributed by atoms with E-state index in [4.69, 9.17) is 18.9 Å². The maximum Gasteiger partial charge on any atom is 0.227 e. The maximum atomic E-state index is 12.9. The van der Waals surface area contributed by atoms with Crippen molar-refractivity contribution >= 4 is 17.5 Å². The van der Waals surface area contributed by atoms with Gasteiger partial charge in [0.15, 0.2) is 11.5 Å². The third-order valence-electron chi connectivity index (χ3n) is 5.31. The number of para-hydroxylation sites is 2. The lowest BCUT2D eigenvalue weighted by atomic mass is 10.0. The molecule has 2 aromatic carbocycles. The van der Waals surface area contributed by atoms with Crippen LogP contribution in [0.15, 0.2) is 36.4 Å². The molecule has 2 atom stereocenters. The van der Waals surface area contributed by atoms with Crippen LogP contribution < -0.4 is 29.2 Å². The Bertz CT molecular complexity index is 1020. The number of ether oxygens (including phenoxy) is 4. The molecule has 2 aromatic rings. The minimum Gasteiger partial charge on any atom is -0.495 e. The van der Waals surface area contributed by atoms with E-state index >= 15 is 0 Å². The van der Waals surface area contributed by atoms with Crippen LogP contribution in [0, 0.1) is 17.2 Å². The van der Waals surface area contributed by atoms with E-state index in [1.807, 2.05) is 6.07 Å². The average Bonchev–Trinajstić information content (AvgIpc) is 3.22. The number of benzene rings is 2. The third-order valence-corrected chi connectivity index (χ3v) is 5.31. The molecule has 168 valence electrons. The van der Waals surface area contributed by atoms with Crippen molar-refractivity contribution in [1.82, 2.24) is 5.32 Å². The molecule has 1 heterocycles. The lowest BCUT2D eigenvalue weighted by molar-refractivity contribution is -0.126. The van der Waals surface area contributed by atoms with Gasteiger partial charge in [-0.1, -0.05) is 12.1 Å². The number of hydrogen-bond donors (Lipinski definition) is 1. The molecule has 0 bridgehead atoms. The zero-order valence-electron chi connectivity index (χ0n) is 18.4. The Morgan fingerprint density at radius 2 is 1.69 bits per heavy atom. The molecule has 0 aromatic heterocycles. The van der Waals surface area contributed by atoms with E-state index in [2.05, 4.69) is 11.4 Å². The number of anilines is 1. The molecular formula is C23H25N3O6. The highest BCUT2D eigenvalue weighted by molar-refractivity contribution is 6.01. The summed E-state index contributed by atoms with van der Waals surface area (Å²) in [5.41, 5.74) is 1.08. The van der Waals surface area contributed by atoms with Crippen LogP contribution in [0.2, 0.25) is 0 Å². The molecule has 1 fully saturated rings. The number of nitriles is 1. The molecular weight excluding hydrogens is 414 g/mol. The third kappa shape index (κ3) is 4.39. The van der Waals surface area contributed by atoms with Crippen LogP contribution in [-0.2, 0) is 9.59 Å². The van der Waals surface area contributed by atoms with Crippen molar-refractivity contribution in [3.8, 4) is 29.1 Å². The predicted molar refractivity (Wildman–Crippen MR) is 116 cm³/mol. The lowest BCUT2D eigenvalue weighted by Gasteiger charge is -2.20. The van der Waals surface area contributed by atoms with Gasteiger partial charge in [-0.2, -0.15) is 5.26 Å². The zero-order valence-corrected chi connectivity index (χ0v) is 18.4. The van der Waals surface area contributed by atoms with E-state index < -0.39 is 17.9 Å². The van der Waals surface area contributed by atoms with Crippen LogP contribution in [0.3, 0.4) is 0 Å². The topological polar surface area (TPSA) is 110 Å². The second-order valence-corrected chi connectivity index (χ2v) is 7.11. The van der Waals surface area contributed by atoms with Gasteiger partial charge in [-0.15, -0.1) is 0 Å². The monoisotopic (exact) mass is 439 g/mol. The van der Waals surface area contributed by atoms with Crippen LogP contribution in [0.4, 0.5) is 5.69 Å². The van der Waals surface area contributed by atoms with E-state index in [1.54, 1.807) is 30.3 Å². The van der Waals surface area contributed by atoms with E-state index in [0.29, 0.717) is 34.2 Å². The van der Waals surface area contributed by atoms with Gasteiger partial charge in [0.05, 0.1) is 46.1 Å². The van der Waals surface area contributed by atoms with Gasteiger partial charge in [-0.3, -0.25) is 9.59 Å². The fraction of sp³-hybridized carbons (Fsp3) is 0.348. The number of methoxy groups -OCH3 is 4. The summed E-state index contributed by atoms with van der Waals surface area (Å²) < 4.78 is 21.3. The fourth-order valence-electron chi connectivity index (χ4n) is 3.69. The van der Waals surface area contributed by atoms with Gasteiger partial charge in [-0.05, 0) is 29.8 Å². The number of nitrogens with zero attached hydrogens (tertiary/aromatic N) is 2. The van der Waals surface area contributed by atoms with Crippen molar-refractivity contribution in [3.63, 3.8) is 0 Å². The SMILES string of the molecule is COc1ccccc1N1CC(C(=O)NC(C#N)c2cc(OC)c(OC)c(OC)c2)CC1=O. The first-order valence-corrected chi connectivity index (χ1v) is 9.90. The Morgan fingerprint density at radius 1 is 1.06 bits per heavy atom. The van der Waals surface area contributed by atoms with Gasteiger partial charge in [0.1, 0.15) is 11.8 Å². The molecule has 1 saturated heterocycles. The smallest absolute Gasteiger partial charge is 0.227 e. The Kier molecular flexibility index (Phi) is 7.05. The summed E-state index contributed by atoms with van der Waals surface area (Å²) in [7, 11) is 5.95. The van der Waals surface area contributed by atoms with E-state index in [-0.39, 0.29) is 18.9 Å². The van der Waals surface area contributed by atoms with Crippen LogP contribution in [0.5, 0.6) is 23.0 Å². The van der Waals surface area contributed by atoms with Gasteiger partial charge < -0.3 is 29.2 Å². The number of hydrogen-bond acceptors (Lipinski definition) is 7. The molecule has 1 aliphatic rings. The Labute approximate surface area is 186 Å². The molecule has 9 nitrogen and oxygen atoms in total. The van der Waals surface area contributed by atoms with Gasteiger partial charge >= 0.3 is 0 Å². The zero-order chi connectivity index (χ0) is 23.3. The lowest BCUT2D eigenvalue weighted by Crippen LogP contribution is -2.35. The van der Waals surface area contributed by atoms with Gasteiger partial charge in [-0.25, -0.2) is 0 Å². The summed E-state index contributed by atoms with van der Waals surface area (Å²) in [5, 5.41) is 12.4. The summed E-state index contributed by atoms with van der Waals surface area (Å²) in [6, 6.07) is 11.5. The fourth-order valence-corrected chi connectivity index (χ4v) is 3.69. The summed E-state index contributed by atoms with van der Waals surface area (Å²) in [5.74, 6) is 0.492. The second-order valence-electron chi connectivity index (χ2n) is 7.11. The van der Waals surface area contributed by atoms with Crippen LogP contribution >= 0.6 is 0 Å². The molecule has 32 heavy (non-hydrogen) atoms. The summed E-state index contributed by atoms with van der Waals surface area (Å²) in [6.07, 6.45) is 0.0390. The first-order chi connectivity index (χ1) is 15.5.